The molecule has 0 aliphatic rings. The van der Waals surface area contributed by atoms with Crippen molar-refractivity contribution in [2.24, 2.45) is 0 Å². The SMILES string of the molecule is O=C(CCC#Cc1ccccc1)CO[P+](=O)OCC(=O)CCC#Cc1ccccc1. The van der Waals surface area contributed by atoms with Crippen LogP contribution in [-0.4, -0.2) is 24.8 Å². The van der Waals surface area contributed by atoms with Crippen molar-refractivity contribution in [1.82, 2.24) is 0 Å². The first-order chi connectivity index (χ1) is 14.6. The Morgan fingerprint density at radius 2 is 1.10 bits per heavy atom. The predicted octanol–water partition coefficient (Wildman–Crippen LogP) is 4.48. The molecule has 2 rings (SSSR count). The van der Waals surface area contributed by atoms with Gasteiger partial charge in [-0.15, -0.1) is 9.05 Å². The molecule has 0 bridgehead atoms. The Labute approximate surface area is 177 Å². The van der Waals surface area contributed by atoms with Crippen LogP contribution in [0.5, 0.6) is 0 Å². The molecule has 0 saturated carbocycles. The van der Waals surface area contributed by atoms with Crippen LogP contribution in [0.3, 0.4) is 0 Å². The van der Waals surface area contributed by atoms with Gasteiger partial charge in [0, 0.05) is 41.4 Å². The van der Waals surface area contributed by atoms with E-state index in [2.05, 4.69) is 23.7 Å². The van der Waals surface area contributed by atoms with Gasteiger partial charge in [0.1, 0.15) is 0 Å². The van der Waals surface area contributed by atoms with Gasteiger partial charge in [0.15, 0.2) is 24.8 Å². The zero-order valence-electron chi connectivity index (χ0n) is 16.5. The highest BCUT2D eigenvalue weighted by atomic mass is 31.1. The van der Waals surface area contributed by atoms with Crippen LogP contribution < -0.4 is 0 Å². The number of benzene rings is 2. The van der Waals surface area contributed by atoms with E-state index in [1.165, 1.54) is 0 Å². The molecule has 0 heterocycles. The van der Waals surface area contributed by atoms with Crippen LogP contribution in [0.15, 0.2) is 60.7 Å². The first-order valence-corrected chi connectivity index (χ1v) is 10.6. The Morgan fingerprint density at radius 1 is 0.700 bits per heavy atom. The molecular formula is C24H22O5P+. The van der Waals surface area contributed by atoms with Crippen molar-refractivity contribution in [3.63, 3.8) is 0 Å². The lowest BCUT2D eigenvalue weighted by Gasteiger charge is -1.93. The van der Waals surface area contributed by atoms with Crippen molar-refractivity contribution >= 4 is 19.8 Å². The molecule has 0 aliphatic heterocycles. The summed E-state index contributed by atoms with van der Waals surface area (Å²) in [5, 5.41) is 0. The van der Waals surface area contributed by atoms with Gasteiger partial charge in [-0.3, -0.25) is 9.59 Å². The molecule has 0 N–H and O–H groups in total. The second kappa shape index (κ2) is 14.0. The van der Waals surface area contributed by atoms with Gasteiger partial charge >= 0.3 is 8.25 Å². The minimum absolute atomic E-state index is 0.196. The zero-order chi connectivity index (χ0) is 21.4. The van der Waals surface area contributed by atoms with E-state index >= 15 is 0 Å². The standard InChI is InChI=1S/C24H22O5P/c25-23(17-9-7-15-21-11-3-1-4-12-21)19-28-30(27)29-20-24(26)18-10-8-16-22-13-5-2-6-14-22/h1-6,11-14H,9-10,17-20H2/q+1. The summed E-state index contributed by atoms with van der Waals surface area (Å²) in [6, 6.07) is 18.9. The second-order valence-electron chi connectivity index (χ2n) is 6.18. The number of hydrogen-bond acceptors (Lipinski definition) is 5. The van der Waals surface area contributed by atoms with Crippen molar-refractivity contribution in [2.75, 3.05) is 13.2 Å². The molecule has 0 fully saturated rings. The molecule has 6 heteroatoms. The Bertz CT molecular complexity index is 883. The van der Waals surface area contributed by atoms with Crippen molar-refractivity contribution in [1.29, 1.82) is 0 Å². The van der Waals surface area contributed by atoms with Crippen LogP contribution in [0.25, 0.3) is 0 Å². The Kier molecular flexibility index (Phi) is 10.8. The first kappa shape index (κ1) is 23.2. The summed E-state index contributed by atoms with van der Waals surface area (Å²) < 4.78 is 21.3. The number of hydrogen-bond donors (Lipinski definition) is 0. The Balaban J connectivity index is 1.55. The largest absolute Gasteiger partial charge is 0.698 e. The normalized spacial score (nSPS) is 9.60. The third kappa shape index (κ3) is 10.5. The van der Waals surface area contributed by atoms with E-state index in [4.69, 9.17) is 9.05 Å². The van der Waals surface area contributed by atoms with E-state index in [0.29, 0.717) is 12.8 Å². The average Bonchev–Trinajstić information content (AvgIpc) is 2.78. The van der Waals surface area contributed by atoms with Gasteiger partial charge in [-0.25, -0.2) is 0 Å². The Morgan fingerprint density at radius 3 is 1.50 bits per heavy atom. The van der Waals surface area contributed by atoms with E-state index in [1.807, 2.05) is 60.7 Å². The lowest BCUT2D eigenvalue weighted by molar-refractivity contribution is -0.121. The molecule has 0 aromatic heterocycles. The molecule has 2 aromatic rings. The minimum Gasteiger partial charge on any atom is -0.297 e. The van der Waals surface area contributed by atoms with Gasteiger partial charge in [0.2, 0.25) is 0 Å². The minimum atomic E-state index is -2.52. The summed E-state index contributed by atoms with van der Waals surface area (Å²) in [6.07, 6.45) is 1.17. The number of rotatable bonds is 10. The fourth-order valence-corrected chi connectivity index (χ4v) is 2.78. The van der Waals surface area contributed by atoms with Crippen LogP contribution in [0.1, 0.15) is 36.8 Å². The molecule has 0 atom stereocenters. The number of carbonyl (C=O) groups is 2. The average molecular weight is 421 g/mol. The predicted molar refractivity (Wildman–Crippen MR) is 115 cm³/mol. The maximum absolute atomic E-state index is 11.7. The summed E-state index contributed by atoms with van der Waals surface area (Å²) >= 11 is 0. The zero-order valence-corrected chi connectivity index (χ0v) is 17.4. The number of Topliss-reactive ketones (excluding diaryl/α,β-unsaturated/α-hetero) is 2. The van der Waals surface area contributed by atoms with Crippen LogP contribution >= 0.6 is 8.25 Å². The highest BCUT2D eigenvalue weighted by Gasteiger charge is 2.23. The number of ketones is 2. The van der Waals surface area contributed by atoms with Crippen LogP contribution in [0.4, 0.5) is 0 Å². The van der Waals surface area contributed by atoms with E-state index in [0.717, 1.165) is 11.1 Å². The molecule has 5 nitrogen and oxygen atoms in total. The van der Waals surface area contributed by atoms with Gasteiger partial charge in [0.25, 0.3) is 0 Å². The second-order valence-corrected chi connectivity index (χ2v) is 7.15. The smallest absolute Gasteiger partial charge is 0.297 e. The highest BCUT2D eigenvalue weighted by Crippen LogP contribution is 2.23. The van der Waals surface area contributed by atoms with E-state index in [1.54, 1.807) is 0 Å². The fourth-order valence-electron chi connectivity index (χ4n) is 2.21. The van der Waals surface area contributed by atoms with Gasteiger partial charge in [0.05, 0.1) is 0 Å². The molecule has 0 amide bonds. The van der Waals surface area contributed by atoms with Crippen molar-refractivity contribution in [3.8, 4) is 23.7 Å². The fraction of sp³-hybridized carbons (Fsp3) is 0.250. The molecule has 0 aliphatic carbocycles. The monoisotopic (exact) mass is 421 g/mol. The molecule has 0 saturated heterocycles. The van der Waals surface area contributed by atoms with Gasteiger partial charge in [-0.1, -0.05) is 60.1 Å². The lowest BCUT2D eigenvalue weighted by atomic mass is 10.2. The summed E-state index contributed by atoms with van der Waals surface area (Å²) in [6.45, 7) is -0.669. The maximum atomic E-state index is 11.7. The number of carbonyl (C=O) groups excluding carboxylic acids is 2. The van der Waals surface area contributed by atoms with E-state index < -0.39 is 8.25 Å². The third-order valence-corrected chi connectivity index (χ3v) is 4.41. The summed E-state index contributed by atoms with van der Waals surface area (Å²) in [5.74, 6) is 11.3. The molecule has 30 heavy (non-hydrogen) atoms. The molecule has 0 spiro atoms. The quantitative estimate of drug-likeness (QED) is 0.418. The Hall–Kier alpha value is -3.08. The van der Waals surface area contributed by atoms with Crippen LogP contribution in [-0.2, 0) is 23.2 Å². The topological polar surface area (TPSA) is 69.7 Å². The molecular weight excluding hydrogens is 399 g/mol. The van der Waals surface area contributed by atoms with E-state index in [9.17, 15) is 14.2 Å². The van der Waals surface area contributed by atoms with Crippen LogP contribution in [0.2, 0.25) is 0 Å². The van der Waals surface area contributed by atoms with E-state index in [-0.39, 0.29) is 37.6 Å². The summed E-state index contributed by atoms with van der Waals surface area (Å²) in [7, 11) is -2.52. The lowest BCUT2D eigenvalue weighted by Crippen LogP contribution is -2.08. The van der Waals surface area contributed by atoms with Gasteiger partial charge in [-0.2, -0.15) is 0 Å². The maximum Gasteiger partial charge on any atom is 0.698 e. The van der Waals surface area contributed by atoms with Crippen LogP contribution in [0, 0.1) is 23.7 Å². The molecule has 0 unspecified atom stereocenters. The van der Waals surface area contributed by atoms with Crippen molar-refractivity contribution in [2.45, 2.75) is 25.7 Å². The molecule has 152 valence electrons. The van der Waals surface area contributed by atoms with Crippen molar-refractivity contribution < 1.29 is 23.2 Å². The summed E-state index contributed by atoms with van der Waals surface area (Å²) in [5.41, 5.74) is 1.77. The molecule has 0 radical (unpaired) electrons. The molecule has 2 aromatic carbocycles. The highest BCUT2D eigenvalue weighted by molar-refractivity contribution is 7.33. The first-order valence-electron chi connectivity index (χ1n) is 9.48. The van der Waals surface area contributed by atoms with Gasteiger partial charge < -0.3 is 0 Å². The van der Waals surface area contributed by atoms with Crippen molar-refractivity contribution in [3.05, 3.63) is 71.8 Å². The summed E-state index contributed by atoms with van der Waals surface area (Å²) in [4.78, 5) is 23.5. The van der Waals surface area contributed by atoms with Gasteiger partial charge in [-0.05, 0) is 24.3 Å². The third-order valence-electron chi connectivity index (χ3n) is 3.73.